The third kappa shape index (κ3) is 3.61. The molecule has 1 aromatic carbocycles. The average Bonchev–Trinajstić information content (AvgIpc) is 2.38. The Labute approximate surface area is 117 Å². The fourth-order valence-electron chi connectivity index (χ4n) is 1.55. The number of hydrogen-bond donors (Lipinski definition) is 3. The molecule has 0 atom stereocenters. The smallest absolute Gasteiger partial charge is 0.253 e. The summed E-state index contributed by atoms with van der Waals surface area (Å²) < 4.78 is 0. The van der Waals surface area contributed by atoms with E-state index in [0.717, 1.165) is 0 Å². The minimum atomic E-state index is -0.697. The van der Waals surface area contributed by atoms with Gasteiger partial charge in [-0.3, -0.25) is 9.59 Å². The molecule has 1 aromatic rings. The number of halogens is 1. The summed E-state index contributed by atoms with van der Waals surface area (Å²) >= 11 is 5.85. The summed E-state index contributed by atoms with van der Waals surface area (Å²) in [5.41, 5.74) is 5.58. The number of rotatable bonds is 4. The summed E-state index contributed by atoms with van der Waals surface area (Å²) in [4.78, 5) is 23.6. The van der Waals surface area contributed by atoms with Crippen LogP contribution in [0.2, 0.25) is 5.02 Å². The molecule has 0 fully saturated rings. The van der Waals surface area contributed by atoms with Crippen molar-refractivity contribution in [2.75, 3.05) is 19.3 Å². The van der Waals surface area contributed by atoms with E-state index in [1.807, 2.05) is 0 Å². The first-order chi connectivity index (χ1) is 8.79. The Hall–Kier alpha value is -1.75. The van der Waals surface area contributed by atoms with E-state index >= 15 is 0 Å². The van der Waals surface area contributed by atoms with Crippen LogP contribution in [-0.2, 0) is 4.79 Å². The Balaban J connectivity index is 2.76. The van der Waals surface area contributed by atoms with Gasteiger partial charge in [0.15, 0.2) is 0 Å². The molecular weight excluding hydrogens is 266 g/mol. The lowest BCUT2D eigenvalue weighted by Crippen LogP contribution is -2.43. The van der Waals surface area contributed by atoms with Crippen LogP contribution < -0.4 is 16.4 Å². The van der Waals surface area contributed by atoms with Crippen molar-refractivity contribution in [2.45, 2.75) is 13.8 Å². The van der Waals surface area contributed by atoms with Gasteiger partial charge in [0, 0.05) is 13.6 Å². The lowest BCUT2D eigenvalue weighted by molar-refractivity contribution is -0.128. The van der Waals surface area contributed by atoms with Crippen molar-refractivity contribution in [2.24, 2.45) is 5.41 Å². The highest BCUT2D eigenvalue weighted by molar-refractivity contribution is 6.33. The Morgan fingerprint density at radius 1 is 1.37 bits per heavy atom. The van der Waals surface area contributed by atoms with Gasteiger partial charge in [-0.05, 0) is 26.0 Å². The molecule has 0 bridgehead atoms. The summed E-state index contributed by atoms with van der Waals surface area (Å²) in [6, 6.07) is 4.85. The zero-order chi connectivity index (χ0) is 14.6. The van der Waals surface area contributed by atoms with Crippen molar-refractivity contribution in [3.8, 4) is 0 Å². The summed E-state index contributed by atoms with van der Waals surface area (Å²) in [5, 5.41) is 5.57. The summed E-state index contributed by atoms with van der Waals surface area (Å²) in [5.74, 6) is -0.496. The highest BCUT2D eigenvalue weighted by atomic mass is 35.5. The Morgan fingerprint density at radius 2 is 2.00 bits per heavy atom. The quantitative estimate of drug-likeness (QED) is 0.731. The van der Waals surface area contributed by atoms with Gasteiger partial charge in [0.25, 0.3) is 5.91 Å². The number of nitrogens with two attached hydrogens (primary N) is 1. The molecule has 4 N–H and O–H groups in total. The van der Waals surface area contributed by atoms with Gasteiger partial charge in [-0.15, -0.1) is 0 Å². The molecule has 6 heteroatoms. The fourth-order valence-corrected chi connectivity index (χ4v) is 1.72. The SMILES string of the molecule is CNC(=O)C(C)(C)CNC(=O)c1cccc(Cl)c1N. The monoisotopic (exact) mass is 283 g/mol. The third-order valence-electron chi connectivity index (χ3n) is 2.83. The van der Waals surface area contributed by atoms with Gasteiger partial charge in [0.2, 0.25) is 5.91 Å². The molecule has 0 unspecified atom stereocenters. The fraction of sp³-hybridized carbons (Fsp3) is 0.385. The van der Waals surface area contributed by atoms with E-state index in [4.69, 9.17) is 17.3 Å². The second-order valence-corrected chi connectivity index (χ2v) is 5.25. The van der Waals surface area contributed by atoms with Gasteiger partial charge in [-0.2, -0.15) is 0 Å². The van der Waals surface area contributed by atoms with E-state index in [0.29, 0.717) is 10.6 Å². The molecule has 0 aliphatic carbocycles. The maximum atomic E-state index is 12.0. The highest BCUT2D eigenvalue weighted by Crippen LogP contribution is 2.22. The second-order valence-electron chi connectivity index (χ2n) is 4.85. The zero-order valence-electron chi connectivity index (χ0n) is 11.2. The molecule has 0 saturated heterocycles. The third-order valence-corrected chi connectivity index (χ3v) is 3.16. The normalized spacial score (nSPS) is 10.9. The average molecular weight is 284 g/mol. The summed E-state index contributed by atoms with van der Waals surface area (Å²) in [7, 11) is 1.56. The molecule has 0 spiro atoms. The Kier molecular flexibility index (Phi) is 4.78. The predicted octanol–water partition coefficient (Wildman–Crippen LogP) is 1.42. The Morgan fingerprint density at radius 3 is 2.58 bits per heavy atom. The molecule has 0 saturated carbocycles. The zero-order valence-corrected chi connectivity index (χ0v) is 12.0. The lowest BCUT2D eigenvalue weighted by atomic mass is 9.92. The number of anilines is 1. The molecule has 0 aromatic heterocycles. The van der Waals surface area contributed by atoms with Gasteiger partial charge in [0.05, 0.1) is 21.7 Å². The van der Waals surface area contributed by atoms with Crippen LogP contribution in [0.25, 0.3) is 0 Å². The summed E-state index contributed by atoms with van der Waals surface area (Å²) in [6.07, 6.45) is 0. The molecule has 1 rings (SSSR count). The van der Waals surface area contributed by atoms with Gasteiger partial charge in [-0.1, -0.05) is 17.7 Å². The molecule has 0 aliphatic heterocycles. The van der Waals surface area contributed by atoms with Crippen LogP contribution in [0.1, 0.15) is 24.2 Å². The van der Waals surface area contributed by atoms with E-state index in [1.54, 1.807) is 39.1 Å². The van der Waals surface area contributed by atoms with Crippen LogP contribution in [-0.4, -0.2) is 25.4 Å². The van der Waals surface area contributed by atoms with E-state index in [1.165, 1.54) is 0 Å². The molecule has 19 heavy (non-hydrogen) atoms. The van der Waals surface area contributed by atoms with Gasteiger partial charge < -0.3 is 16.4 Å². The number of nitrogens with one attached hydrogen (secondary N) is 2. The molecule has 0 aliphatic rings. The molecular formula is C13H18ClN3O2. The molecule has 2 amide bonds. The number of hydrogen-bond acceptors (Lipinski definition) is 3. The first kappa shape index (κ1) is 15.3. The largest absolute Gasteiger partial charge is 0.397 e. The number of para-hydroxylation sites is 1. The van der Waals surface area contributed by atoms with Crippen LogP contribution in [0.15, 0.2) is 18.2 Å². The van der Waals surface area contributed by atoms with E-state index in [9.17, 15) is 9.59 Å². The van der Waals surface area contributed by atoms with Crippen LogP contribution in [0.3, 0.4) is 0 Å². The number of carbonyl (C=O) groups excluding carboxylic acids is 2. The number of amides is 2. The predicted molar refractivity (Wildman–Crippen MR) is 76.0 cm³/mol. The topological polar surface area (TPSA) is 84.2 Å². The summed E-state index contributed by atoms with van der Waals surface area (Å²) in [6.45, 7) is 3.69. The van der Waals surface area contributed by atoms with Gasteiger partial charge in [-0.25, -0.2) is 0 Å². The standard InChI is InChI=1S/C13H18ClN3O2/c1-13(2,12(19)16-3)7-17-11(18)8-5-4-6-9(14)10(8)15/h4-6H,7,15H2,1-3H3,(H,16,19)(H,17,18). The Bertz CT molecular complexity index is 501. The van der Waals surface area contributed by atoms with E-state index < -0.39 is 5.41 Å². The number of benzene rings is 1. The van der Waals surface area contributed by atoms with Crippen molar-refractivity contribution in [1.29, 1.82) is 0 Å². The van der Waals surface area contributed by atoms with E-state index in [-0.39, 0.29) is 24.0 Å². The van der Waals surface area contributed by atoms with Crippen LogP contribution in [0, 0.1) is 5.41 Å². The highest BCUT2D eigenvalue weighted by Gasteiger charge is 2.27. The maximum absolute atomic E-state index is 12.0. The first-order valence-electron chi connectivity index (χ1n) is 5.84. The van der Waals surface area contributed by atoms with Crippen molar-refractivity contribution < 1.29 is 9.59 Å². The van der Waals surface area contributed by atoms with Gasteiger partial charge >= 0.3 is 0 Å². The van der Waals surface area contributed by atoms with Crippen molar-refractivity contribution in [1.82, 2.24) is 10.6 Å². The van der Waals surface area contributed by atoms with Gasteiger partial charge in [0.1, 0.15) is 0 Å². The number of carbonyl (C=O) groups is 2. The van der Waals surface area contributed by atoms with Crippen molar-refractivity contribution in [3.63, 3.8) is 0 Å². The minimum absolute atomic E-state index is 0.146. The molecule has 0 radical (unpaired) electrons. The van der Waals surface area contributed by atoms with Crippen LogP contribution in [0.5, 0.6) is 0 Å². The number of nitrogen functional groups attached to an aromatic ring is 1. The van der Waals surface area contributed by atoms with Crippen molar-refractivity contribution >= 4 is 29.1 Å². The van der Waals surface area contributed by atoms with Crippen molar-refractivity contribution in [3.05, 3.63) is 28.8 Å². The molecule has 5 nitrogen and oxygen atoms in total. The second kappa shape index (κ2) is 5.93. The van der Waals surface area contributed by atoms with E-state index in [2.05, 4.69) is 10.6 Å². The molecule has 0 heterocycles. The molecule has 104 valence electrons. The maximum Gasteiger partial charge on any atom is 0.253 e. The lowest BCUT2D eigenvalue weighted by Gasteiger charge is -2.23. The minimum Gasteiger partial charge on any atom is -0.397 e. The van der Waals surface area contributed by atoms with Crippen LogP contribution >= 0.6 is 11.6 Å². The van der Waals surface area contributed by atoms with Crippen LogP contribution in [0.4, 0.5) is 5.69 Å². The first-order valence-corrected chi connectivity index (χ1v) is 6.21.